The molecule has 4 aliphatic carbocycles. The van der Waals surface area contributed by atoms with Crippen molar-refractivity contribution in [2.24, 2.45) is 29.6 Å². The fraction of sp³-hybridized carbons (Fsp3) is 0.667. The summed E-state index contributed by atoms with van der Waals surface area (Å²) in [4.78, 5) is 28.5. The van der Waals surface area contributed by atoms with Crippen LogP contribution in [0.5, 0.6) is 11.5 Å². The van der Waals surface area contributed by atoms with Crippen LogP contribution in [0.1, 0.15) is 55.3 Å². The van der Waals surface area contributed by atoms with Crippen molar-refractivity contribution in [3.05, 3.63) is 17.7 Å². The molecule has 0 radical (unpaired) electrons. The fourth-order valence-electron chi connectivity index (χ4n) is 6.82. The van der Waals surface area contributed by atoms with Crippen LogP contribution in [-0.4, -0.2) is 44.0 Å². The summed E-state index contributed by atoms with van der Waals surface area (Å²) in [5, 5.41) is 3.15. The minimum absolute atomic E-state index is 0.0474. The standard InChI is InChI=1S/C24H32N2O4/c1-29-20-12-18(24(28)26-5-3-4-6-26)19(13-21(20)30-2)25-23(27)22-16-8-14-7-15(10-16)11-17(22)9-14/h12-17,22H,3-11H2,1-2H3,(H,25,27). The van der Waals surface area contributed by atoms with Crippen LogP contribution in [0.25, 0.3) is 0 Å². The molecule has 0 atom stereocenters. The smallest absolute Gasteiger partial charge is 0.256 e. The number of amides is 2. The van der Waals surface area contributed by atoms with E-state index in [9.17, 15) is 9.59 Å². The summed E-state index contributed by atoms with van der Waals surface area (Å²) in [7, 11) is 3.14. The summed E-state index contributed by atoms with van der Waals surface area (Å²) >= 11 is 0. The second-order valence-corrected chi connectivity index (χ2v) is 9.70. The van der Waals surface area contributed by atoms with Gasteiger partial charge in [0.1, 0.15) is 0 Å². The van der Waals surface area contributed by atoms with E-state index in [1.165, 1.54) is 32.1 Å². The van der Waals surface area contributed by atoms with Crippen molar-refractivity contribution < 1.29 is 19.1 Å². The summed E-state index contributed by atoms with van der Waals surface area (Å²) in [6.07, 6.45) is 8.18. The maximum absolute atomic E-state index is 13.4. The third kappa shape index (κ3) is 3.34. The van der Waals surface area contributed by atoms with Crippen LogP contribution in [0, 0.1) is 29.6 Å². The Kier molecular flexibility index (Phi) is 5.11. The van der Waals surface area contributed by atoms with Crippen molar-refractivity contribution >= 4 is 17.5 Å². The Morgan fingerprint density at radius 3 is 2.03 bits per heavy atom. The highest BCUT2D eigenvalue weighted by Crippen LogP contribution is 2.56. The minimum atomic E-state index is -0.0474. The normalized spacial score (nSPS) is 31.7. The fourth-order valence-corrected chi connectivity index (χ4v) is 6.82. The number of anilines is 1. The van der Waals surface area contributed by atoms with Gasteiger partial charge in [0.2, 0.25) is 5.91 Å². The molecule has 6 nitrogen and oxygen atoms in total. The van der Waals surface area contributed by atoms with Crippen molar-refractivity contribution in [1.29, 1.82) is 0 Å². The van der Waals surface area contributed by atoms with Gasteiger partial charge in [-0.2, -0.15) is 0 Å². The third-order valence-electron chi connectivity index (χ3n) is 7.93. The summed E-state index contributed by atoms with van der Waals surface area (Å²) < 4.78 is 10.9. The predicted octanol–water partition coefficient (Wildman–Crippen LogP) is 3.95. The lowest BCUT2D eigenvalue weighted by molar-refractivity contribution is -0.132. The number of hydrogen-bond donors (Lipinski definition) is 1. The second-order valence-electron chi connectivity index (χ2n) is 9.70. The van der Waals surface area contributed by atoms with Crippen LogP contribution in [0.3, 0.4) is 0 Å². The molecule has 4 saturated carbocycles. The largest absolute Gasteiger partial charge is 0.493 e. The SMILES string of the molecule is COc1cc(NC(=O)C2C3CC4CC(C3)CC2C4)c(C(=O)N2CCCC2)cc1OC. The highest BCUT2D eigenvalue weighted by atomic mass is 16.5. The molecule has 0 aromatic heterocycles. The molecule has 1 saturated heterocycles. The number of carbonyl (C=O) groups is 2. The van der Waals surface area contributed by atoms with Crippen molar-refractivity contribution in [1.82, 2.24) is 4.90 Å². The van der Waals surface area contributed by atoms with Gasteiger partial charge >= 0.3 is 0 Å². The molecule has 4 bridgehead atoms. The van der Waals surface area contributed by atoms with Gasteiger partial charge in [-0.3, -0.25) is 9.59 Å². The van der Waals surface area contributed by atoms with Gasteiger partial charge in [0.25, 0.3) is 5.91 Å². The zero-order valence-corrected chi connectivity index (χ0v) is 18.0. The summed E-state index contributed by atoms with van der Waals surface area (Å²) in [5.74, 6) is 3.78. The van der Waals surface area contributed by atoms with Gasteiger partial charge in [0, 0.05) is 25.1 Å². The van der Waals surface area contributed by atoms with Crippen molar-refractivity contribution in [2.75, 3.05) is 32.6 Å². The lowest BCUT2D eigenvalue weighted by Crippen LogP contribution is -2.49. The van der Waals surface area contributed by atoms with E-state index in [4.69, 9.17) is 9.47 Å². The average molecular weight is 413 g/mol. The van der Waals surface area contributed by atoms with Crippen molar-refractivity contribution in [3.63, 3.8) is 0 Å². The molecular formula is C24H32N2O4. The van der Waals surface area contributed by atoms with E-state index < -0.39 is 0 Å². The molecule has 1 N–H and O–H groups in total. The summed E-state index contributed by atoms with van der Waals surface area (Å²) in [5.41, 5.74) is 1.04. The van der Waals surface area contributed by atoms with E-state index in [2.05, 4.69) is 5.32 Å². The molecule has 2 amide bonds. The van der Waals surface area contributed by atoms with Gasteiger partial charge in [0.15, 0.2) is 11.5 Å². The number of rotatable bonds is 5. The number of carbonyl (C=O) groups excluding carboxylic acids is 2. The Balaban J connectivity index is 1.43. The Hall–Kier alpha value is -2.24. The molecule has 1 aromatic rings. The zero-order valence-electron chi connectivity index (χ0n) is 18.0. The number of ether oxygens (including phenoxy) is 2. The van der Waals surface area contributed by atoms with Gasteiger partial charge in [0.05, 0.1) is 25.5 Å². The van der Waals surface area contributed by atoms with Crippen LogP contribution >= 0.6 is 0 Å². The molecule has 5 fully saturated rings. The third-order valence-corrected chi connectivity index (χ3v) is 7.93. The highest BCUT2D eigenvalue weighted by Gasteiger charge is 2.50. The van der Waals surface area contributed by atoms with E-state index >= 15 is 0 Å². The van der Waals surface area contributed by atoms with Crippen molar-refractivity contribution in [3.8, 4) is 11.5 Å². The lowest BCUT2D eigenvalue weighted by atomic mass is 9.51. The lowest BCUT2D eigenvalue weighted by Gasteiger charge is -2.53. The molecule has 6 rings (SSSR count). The van der Waals surface area contributed by atoms with Gasteiger partial charge in [-0.25, -0.2) is 0 Å². The van der Waals surface area contributed by atoms with E-state index in [0.29, 0.717) is 34.6 Å². The van der Waals surface area contributed by atoms with E-state index in [-0.39, 0.29) is 17.7 Å². The van der Waals surface area contributed by atoms with Crippen LogP contribution in [0.2, 0.25) is 0 Å². The number of likely N-dealkylation sites (tertiary alicyclic amines) is 1. The first-order chi connectivity index (χ1) is 14.6. The topological polar surface area (TPSA) is 67.9 Å². The second kappa shape index (κ2) is 7.78. The molecule has 30 heavy (non-hydrogen) atoms. The monoisotopic (exact) mass is 412 g/mol. The molecular weight excluding hydrogens is 380 g/mol. The number of hydrogen-bond acceptors (Lipinski definition) is 4. The Bertz CT molecular complexity index is 818. The molecule has 5 aliphatic rings. The van der Waals surface area contributed by atoms with E-state index in [1.54, 1.807) is 26.4 Å². The Morgan fingerprint density at radius 2 is 1.47 bits per heavy atom. The van der Waals surface area contributed by atoms with E-state index in [1.807, 2.05) is 4.90 Å². The average Bonchev–Trinajstić information content (AvgIpc) is 3.27. The molecule has 162 valence electrons. The number of nitrogens with one attached hydrogen (secondary N) is 1. The highest BCUT2D eigenvalue weighted by molar-refractivity contribution is 6.05. The molecule has 1 heterocycles. The summed E-state index contributed by atoms with van der Waals surface area (Å²) in [6.45, 7) is 1.52. The van der Waals surface area contributed by atoms with Crippen LogP contribution < -0.4 is 14.8 Å². The van der Waals surface area contributed by atoms with E-state index in [0.717, 1.165) is 37.8 Å². The zero-order chi connectivity index (χ0) is 20.8. The van der Waals surface area contributed by atoms with Crippen LogP contribution in [0.15, 0.2) is 12.1 Å². The molecule has 6 heteroatoms. The number of nitrogens with zero attached hydrogens (tertiary/aromatic N) is 1. The number of methoxy groups -OCH3 is 2. The van der Waals surface area contributed by atoms with Gasteiger partial charge < -0.3 is 19.7 Å². The molecule has 0 unspecified atom stereocenters. The predicted molar refractivity (Wildman–Crippen MR) is 114 cm³/mol. The Morgan fingerprint density at radius 1 is 0.900 bits per heavy atom. The quantitative estimate of drug-likeness (QED) is 0.795. The van der Waals surface area contributed by atoms with Crippen LogP contribution in [0.4, 0.5) is 5.69 Å². The first-order valence-electron chi connectivity index (χ1n) is 11.4. The molecule has 1 aliphatic heterocycles. The molecule has 1 aromatic carbocycles. The first-order valence-corrected chi connectivity index (χ1v) is 11.4. The summed E-state index contributed by atoms with van der Waals surface area (Å²) in [6, 6.07) is 3.46. The Labute approximate surface area is 178 Å². The van der Waals surface area contributed by atoms with Gasteiger partial charge in [-0.05, 0) is 74.7 Å². The van der Waals surface area contributed by atoms with Gasteiger partial charge in [-0.1, -0.05) is 0 Å². The maximum Gasteiger partial charge on any atom is 0.256 e. The first kappa shape index (κ1) is 19.7. The maximum atomic E-state index is 13.4. The minimum Gasteiger partial charge on any atom is -0.493 e. The van der Waals surface area contributed by atoms with Gasteiger partial charge in [-0.15, -0.1) is 0 Å². The number of benzene rings is 1. The molecule has 0 spiro atoms. The van der Waals surface area contributed by atoms with Crippen LogP contribution in [-0.2, 0) is 4.79 Å². The van der Waals surface area contributed by atoms with Crippen molar-refractivity contribution in [2.45, 2.75) is 44.9 Å².